The molecule has 0 fully saturated rings. The van der Waals surface area contributed by atoms with E-state index < -0.39 is 6.10 Å². The fourth-order valence-electron chi connectivity index (χ4n) is 4.02. The number of fused-ring (bicyclic) bond motifs is 1. The Balaban J connectivity index is 1.50. The van der Waals surface area contributed by atoms with Crippen LogP contribution in [0.4, 0.5) is 11.4 Å². The average Bonchev–Trinajstić information content (AvgIpc) is 2.90. The first-order chi connectivity index (χ1) is 17.8. The summed E-state index contributed by atoms with van der Waals surface area (Å²) in [6, 6.07) is 16.0. The molecule has 37 heavy (non-hydrogen) atoms. The molecule has 2 amide bonds. The standard InChI is InChI=1S/C28H30N2O7/c1-17-6-9-21(10-7-17)36-13-12-30-22-11-8-20(16-23(22)37-18(2)28(30)32)29-27(31)19-14-24(33-3)26(35-5)25(15-19)34-4/h6-11,14-16,18H,12-13H2,1-5H3,(H,29,31). The highest BCUT2D eigenvalue weighted by Gasteiger charge is 2.31. The SMILES string of the molecule is COc1cc(C(=O)Nc2ccc3c(c2)OC(C)C(=O)N3CCOc2ccc(C)cc2)cc(OC)c1OC. The van der Waals surface area contributed by atoms with Crippen LogP contribution in [-0.2, 0) is 4.79 Å². The summed E-state index contributed by atoms with van der Waals surface area (Å²) >= 11 is 0. The molecule has 0 aromatic heterocycles. The molecule has 9 nitrogen and oxygen atoms in total. The van der Waals surface area contributed by atoms with Gasteiger partial charge in [-0.1, -0.05) is 17.7 Å². The Morgan fingerprint density at radius 2 is 1.65 bits per heavy atom. The number of ether oxygens (including phenoxy) is 5. The quantitative estimate of drug-likeness (QED) is 0.458. The van der Waals surface area contributed by atoms with Crippen LogP contribution in [-0.4, -0.2) is 52.4 Å². The van der Waals surface area contributed by atoms with Gasteiger partial charge in [0.25, 0.3) is 11.8 Å². The second kappa shape index (κ2) is 11.1. The van der Waals surface area contributed by atoms with Crippen molar-refractivity contribution in [2.45, 2.75) is 20.0 Å². The van der Waals surface area contributed by atoms with Crippen molar-refractivity contribution in [1.82, 2.24) is 0 Å². The third kappa shape index (κ3) is 5.55. The molecule has 4 rings (SSSR count). The number of anilines is 2. The lowest BCUT2D eigenvalue weighted by molar-refractivity contribution is -0.125. The number of aryl methyl sites for hydroxylation is 1. The van der Waals surface area contributed by atoms with Crippen molar-refractivity contribution in [3.8, 4) is 28.7 Å². The van der Waals surface area contributed by atoms with E-state index in [-0.39, 0.29) is 11.8 Å². The van der Waals surface area contributed by atoms with Gasteiger partial charge in [0.1, 0.15) is 18.1 Å². The van der Waals surface area contributed by atoms with E-state index in [1.54, 1.807) is 42.2 Å². The highest BCUT2D eigenvalue weighted by molar-refractivity contribution is 6.06. The maximum Gasteiger partial charge on any atom is 0.267 e. The van der Waals surface area contributed by atoms with Crippen LogP contribution in [0.5, 0.6) is 28.7 Å². The van der Waals surface area contributed by atoms with Gasteiger partial charge in [0.15, 0.2) is 17.6 Å². The van der Waals surface area contributed by atoms with Gasteiger partial charge in [0.05, 0.1) is 33.6 Å². The molecule has 1 heterocycles. The second-order valence-corrected chi connectivity index (χ2v) is 8.46. The minimum absolute atomic E-state index is 0.158. The zero-order valence-corrected chi connectivity index (χ0v) is 21.5. The van der Waals surface area contributed by atoms with Crippen molar-refractivity contribution < 1.29 is 33.3 Å². The van der Waals surface area contributed by atoms with Gasteiger partial charge < -0.3 is 33.9 Å². The Labute approximate surface area is 215 Å². The Morgan fingerprint density at radius 1 is 0.973 bits per heavy atom. The third-order valence-electron chi connectivity index (χ3n) is 5.96. The Bertz CT molecular complexity index is 1270. The number of hydrogen-bond acceptors (Lipinski definition) is 7. The van der Waals surface area contributed by atoms with E-state index in [4.69, 9.17) is 23.7 Å². The van der Waals surface area contributed by atoms with Crippen LogP contribution in [0.3, 0.4) is 0 Å². The summed E-state index contributed by atoms with van der Waals surface area (Å²) in [5.41, 5.74) is 2.59. The van der Waals surface area contributed by atoms with E-state index in [9.17, 15) is 9.59 Å². The van der Waals surface area contributed by atoms with Gasteiger partial charge in [-0.2, -0.15) is 0 Å². The fourth-order valence-corrected chi connectivity index (χ4v) is 4.02. The molecular weight excluding hydrogens is 476 g/mol. The maximum atomic E-state index is 13.0. The number of hydrogen-bond donors (Lipinski definition) is 1. The van der Waals surface area contributed by atoms with Gasteiger partial charge in [0, 0.05) is 17.3 Å². The number of methoxy groups -OCH3 is 3. The molecular formula is C28H30N2O7. The van der Waals surface area contributed by atoms with Crippen LogP contribution in [0.1, 0.15) is 22.8 Å². The van der Waals surface area contributed by atoms with E-state index in [0.717, 1.165) is 11.3 Å². The van der Waals surface area contributed by atoms with Gasteiger partial charge in [-0.3, -0.25) is 9.59 Å². The summed E-state index contributed by atoms with van der Waals surface area (Å²) in [5, 5.41) is 2.86. The number of rotatable bonds is 9. The highest BCUT2D eigenvalue weighted by Crippen LogP contribution is 2.39. The maximum absolute atomic E-state index is 13.0. The monoisotopic (exact) mass is 506 g/mol. The zero-order chi connectivity index (χ0) is 26.5. The normalized spacial score (nSPS) is 14.4. The van der Waals surface area contributed by atoms with E-state index in [0.29, 0.717) is 53.1 Å². The first-order valence-corrected chi connectivity index (χ1v) is 11.8. The molecule has 3 aromatic rings. The molecule has 194 valence electrons. The van der Waals surface area contributed by atoms with Crippen LogP contribution in [0.15, 0.2) is 54.6 Å². The number of nitrogens with zero attached hydrogens (tertiary/aromatic N) is 1. The average molecular weight is 507 g/mol. The third-order valence-corrected chi connectivity index (χ3v) is 5.96. The Hall–Kier alpha value is -4.40. The first-order valence-electron chi connectivity index (χ1n) is 11.8. The van der Waals surface area contributed by atoms with Gasteiger partial charge >= 0.3 is 0 Å². The molecule has 0 bridgehead atoms. The molecule has 0 radical (unpaired) electrons. The Morgan fingerprint density at radius 3 is 2.27 bits per heavy atom. The van der Waals surface area contributed by atoms with Crippen LogP contribution >= 0.6 is 0 Å². The van der Waals surface area contributed by atoms with Crippen LogP contribution in [0, 0.1) is 6.92 Å². The van der Waals surface area contributed by atoms with Gasteiger partial charge in [-0.15, -0.1) is 0 Å². The van der Waals surface area contributed by atoms with Crippen molar-refractivity contribution in [3.05, 3.63) is 65.7 Å². The number of carbonyl (C=O) groups excluding carboxylic acids is 2. The molecule has 3 aromatic carbocycles. The van der Waals surface area contributed by atoms with Gasteiger partial charge in [0.2, 0.25) is 5.75 Å². The zero-order valence-electron chi connectivity index (χ0n) is 21.5. The second-order valence-electron chi connectivity index (χ2n) is 8.46. The molecule has 1 aliphatic heterocycles. The topological polar surface area (TPSA) is 95.6 Å². The highest BCUT2D eigenvalue weighted by atomic mass is 16.5. The van der Waals surface area contributed by atoms with E-state index in [1.165, 1.54) is 21.3 Å². The predicted octanol–water partition coefficient (Wildman–Crippen LogP) is 4.47. The summed E-state index contributed by atoms with van der Waals surface area (Å²) in [6.45, 7) is 4.38. The summed E-state index contributed by atoms with van der Waals surface area (Å²) in [4.78, 5) is 27.5. The Kier molecular flexibility index (Phi) is 7.71. The number of amides is 2. The summed E-state index contributed by atoms with van der Waals surface area (Å²) in [5.74, 6) is 1.84. The predicted molar refractivity (Wildman–Crippen MR) is 140 cm³/mol. The van der Waals surface area contributed by atoms with Crippen molar-refractivity contribution in [2.75, 3.05) is 44.7 Å². The van der Waals surface area contributed by atoms with Crippen LogP contribution in [0.2, 0.25) is 0 Å². The van der Waals surface area contributed by atoms with Crippen LogP contribution < -0.4 is 33.9 Å². The molecule has 0 spiro atoms. The molecule has 1 atom stereocenters. The number of benzene rings is 3. The lowest BCUT2D eigenvalue weighted by atomic mass is 10.1. The molecule has 9 heteroatoms. The number of carbonyl (C=O) groups is 2. The van der Waals surface area contributed by atoms with Crippen molar-refractivity contribution in [1.29, 1.82) is 0 Å². The van der Waals surface area contributed by atoms with E-state index >= 15 is 0 Å². The van der Waals surface area contributed by atoms with Crippen molar-refractivity contribution in [2.24, 2.45) is 0 Å². The largest absolute Gasteiger partial charge is 0.493 e. The van der Waals surface area contributed by atoms with Gasteiger partial charge in [-0.25, -0.2) is 0 Å². The lowest BCUT2D eigenvalue weighted by Gasteiger charge is -2.33. The molecule has 1 unspecified atom stereocenters. The van der Waals surface area contributed by atoms with E-state index in [1.807, 2.05) is 31.2 Å². The number of nitrogens with one attached hydrogen (secondary N) is 1. The molecule has 0 saturated carbocycles. The van der Waals surface area contributed by atoms with E-state index in [2.05, 4.69) is 5.32 Å². The van der Waals surface area contributed by atoms with Crippen molar-refractivity contribution >= 4 is 23.2 Å². The molecule has 0 aliphatic carbocycles. The fraction of sp³-hybridized carbons (Fsp3) is 0.286. The van der Waals surface area contributed by atoms with Crippen LogP contribution in [0.25, 0.3) is 0 Å². The molecule has 0 saturated heterocycles. The molecule has 1 aliphatic rings. The summed E-state index contributed by atoms with van der Waals surface area (Å²) in [6.07, 6.45) is -0.673. The first kappa shape index (κ1) is 25.7. The minimum Gasteiger partial charge on any atom is -0.493 e. The van der Waals surface area contributed by atoms with Gasteiger partial charge in [-0.05, 0) is 50.2 Å². The lowest BCUT2D eigenvalue weighted by Crippen LogP contribution is -2.46. The summed E-state index contributed by atoms with van der Waals surface area (Å²) < 4.78 is 27.7. The smallest absolute Gasteiger partial charge is 0.267 e. The summed E-state index contributed by atoms with van der Waals surface area (Å²) in [7, 11) is 4.47. The molecule has 1 N–H and O–H groups in total. The van der Waals surface area contributed by atoms with Crippen molar-refractivity contribution in [3.63, 3.8) is 0 Å². The minimum atomic E-state index is -0.673.